The highest BCUT2D eigenvalue weighted by molar-refractivity contribution is 7.00. The van der Waals surface area contributed by atoms with Gasteiger partial charge in [0.1, 0.15) is 0 Å². The maximum absolute atomic E-state index is 2.68. The van der Waals surface area contributed by atoms with Crippen LogP contribution >= 0.6 is 0 Å². The van der Waals surface area contributed by atoms with Crippen molar-refractivity contribution in [1.82, 2.24) is 4.57 Å². The fourth-order valence-electron chi connectivity index (χ4n) is 15.7. The third-order valence-corrected chi connectivity index (χ3v) is 20.6. The van der Waals surface area contributed by atoms with Gasteiger partial charge in [-0.25, -0.2) is 0 Å². The Labute approximate surface area is 571 Å². The molecule has 0 N–H and O–H groups in total. The summed E-state index contributed by atoms with van der Waals surface area (Å²) in [5, 5.41) is 7.22. The summed E-state index contributed by atoms with van der Waals surface area (Å²) in [5.41, 5.74) is 28.0. The van der Waals surface area contributed by atoms with Gasteiger partial charge < -0.3 is 19.3 Å². The van der Waals surface area contributed by atoms with Crippen molar-refractivity contribution in [3.63, 3.8) is 0 Å². The van der Waals surface area contributed by atoms with E-state index in [2.05, 4.69) is 385 Å². The maximum atomic E-state index is 2.68. The number of benzene rings is 14. The molecule has 0 atom stereocenters. The number of aromatic nitrogens is 1. The van der Waals surface area contributed by atoms with Gasteiger partial charge in [0, 0.05) is 72.5 Å². The van der Waals surface area contributed by atoms with Crippen LogP contribution in [0, 0.1) is 0 Å². The molecule has 0 saturated carbocycles. The first-order valence-electron chi connectivity index (χ1n) is 34.4. The fourth-order valence-corrected chi connectivity index (χ4v) is 15.7. The number of nitrogens with zero attached hydrogens (tertiary/aromatic N) is 4. The van der Waals surface area contributed by atoms with Crippen LogP contribution in [-0.4, -0.2) is 11.3 Å². The zero-order chi connectivity index (χ0) is 66.1. The zero-order valence-corrected chi connectivity index (χ0v) is 56.7. The van der Waals surface area contributed by atoms with E-state index in [9.17, 15) is 0 Å². The number of anilines is 9. The van der Waals surface area contributed by atoms with Crippen LogP contribution in [-0.2, 0) is 16.2 Å². The Morgan fingerprint density at radius 3 is 1.13 bits per heavy atom. The molecule has 0 bridgehead atoms. The SMILES string of the molecule is CC(C)(C)c1ccc(N2c3cc(-c4c5ccccc5c(N(c5ccccc5)c5ccccc5)c5ccccc45)ccc3B3c4ccc(-n5c6ccccc6c6ccccc65)cc4N(c4ccc(C(C)(C)C)cc4-c4ccccc4)c4cc(C(C)(C)C)cc2c43)c(-c2ccccc2)c1. The molecule has 0 unspecified atom stereocenters. The molecule has 2 aliphatic rings. The molecule has 0 fully saturated rings. The Morgan fingerprint density at radius 2 is 0.680 bits per heavy atom. The summed E-state index contributed by atoms with van der Waals surface area (Å²) < 4.78 is 2.49. The molecule has 468 valence electrons. The summed E-state index contributed by atoms with van der Waals surface area (Å²) in [6.45, 7) is 21.0. The van der Waals surface area contributed by atoms with Gasteiger partial charge in [0.05, 0.1) is 28.1 Å². The summed E-state index contributed by atoms with van der Waals surface area (Å²) >= 11 is 0. The second-order valence-corrected chi connectivity index (χ2v) is 29.7. The predicted molar refractivity (Wildman–Crippen MR) is 417 cm³/mol. The average molecular weight is 1250 g/mol. The molecule has 0 saturated heterocycles. The topological polar surface area (TPSA) is 14.7 Å². The minimum Gasteiger partial charge on any atom is -0.311 e. The number of hydrogen-bond acceptors (Lipinski definition) is 3. The van der Waals surface area contributed by atoms with Gasteiger partial charge in [-0.2, -0.15) is 0 Å². The molecule has 0 aliphatic carbocycles. The van der Waals surface area contributed by atoms with Crippen molar-refractivity contribution in [1.29, 1.82) is 0 Å². The van der Waals surface area contributed by atoms with Gasteiger partial charge in [-0.05, 0) is 173 Å². The van der Waals surface area contributed by atoms with E-state index in [1.807, 2.05) is 0 Å². The first kappa shape index (κ1) is 59.6. The number of hydrogen-bond donors (Lipinski definition) is 0. The van der Waals surface area contributed by atoms with Gasteiger partial charge >= 0.3 is 0 Å². The van der Waals surface area contributed by atoms with Crippen LogP contribution in [0.3, 0.4) is 0 Å². The quantitative estimate of drug-likeness (QED) is 0.106. The van der Waals surface area contributed by atoms with Crippen molar-refractivity contribution in [3.05, 3.63) is 320 Å². The molecule has 0 amide bonds. The Kier molecular flexibility index (Phi) is 14.0. The molecule has 4 nitrogen and oxygen atoms in total. The standard InChI is InChI=1S/C92H77BN4/c1-90(2,3)63-47-52-81(75(55-63)60-30-14-10-15-31-60)96-83-54-62(87-71-40-22-24-42-73(71)89(74-43-25-23-41-72(74)87)94(66-34-18-12-19-35-66)67-36-20-13-21-37-67)46-50-77(83)93-78-51-49-68(95-79-44-28-26-38-69(79)70-39-27-29-45-80(70)95)59-84(78)97(86-58-65(92(7,8)9)57-85(96)88(86)93)82-53-48-64(91(4,5)6)56-76(82)61-32-16-11-17-33-61/h10-59H,1-9H3. The van der Waals surface area contributed by atoms with Crippen LogP contribution in [0.2, 0.25) is 0 Å². The van der Waals surface area contributed by atoms with Crippen molar-refractivity contribution in [2.24, 2.45) is 0 Å². The lowest BCUT2D eigenvalue weighted by Gasteiger charge is -2.46. The summed E-state index contributed by atoms with van der Waals surface area (Å²) in [5.74, 6) is 0. The van der Waals surface area contributed by atoms with E-state index >= 15 is 0 Å². The van der Waals surface area contributed by atoms with Crippen molar-refractivity contribution in [2.75, 3.05) is 14.7 Å². The molecule has 0 spiro atoms. The molecule has 15 aromatic rings. The average Bonchev–Trinajstić information content (AvgIpc) is 0.831. The molecule has 0 radical (unpaired) electrons. The molecule has 3 heterocycles. The smallest absolute Gasteiger partial charge is 0.252 e. The summed E-state index contributed by atoms with van der Waals surface area (Å²) in [6.07, 6.45) is 0. The number of rotatable bonds is 9. The van der Waals surface area contributed by atoms with Gasteiger partial charge in [0.2, 0.25) is 0 Å². The Morgan fingerprint density at radius 1 is 0.289 bits per heavy atom. The second kappa shape index (κ2) is 22.8. The third kappa shape index (κ3) is 9.88. The Hall–Kier alpha value is -11.1. The molecule has 97 heavy (non-hydrogen) atoms. The van der Waals surface area contributed by atoms with E-state index in [0.29, 0.717) is 0 Å². The maximum Gasteiger partial charge on any atom is 0.252 e. The van der Waals surface area contributed by atoms with Gasteiger partial charge in [-0.3, -0.25) is 0 Å². The lowest BCUT2D eigenvalue weighted by Crippen LogP contribution is -2.61. The van der Waals surface area contributed by atoms with Crippen LogP contribution in [0.4, 0.5) is 51.2 Å². The summed E-state index contributed by atoms with van der Waals surface area (Å²) in [6, 6.07) is 115. The Balaban J connectivity index is 1.00. The first-order valence-corrected chi connectivity index (χ1v) is 34.4. The van der Waals surface area contributed by atoms with E-state index in [0.717, 1.165) is 51.1 Å². The van der Waals surface area contributed by atoms with E-state index in [1.54, 1.807) is 0 Å². The lowest BCUT2D eigenvalue weighted by atomic mass is 9.33. The van der Waals surface area contributed by atoms with Gasteiger partial charge in [-0.15, -0.1) is 0 Å². The van der Waals surface area contributed by atoms with E-state index in [4.69, 9.17) is 0 Å². The highest BCUT2D eigenvalue weighted by Gasteiger charge is 2.46. The van der Waals surface area contributed by atoms with Crippen molar-refractivity contribution in [3.8, 4) is 39.1 Å². The van der Waals surface area contributed by atoms with Crippen LogP contribution < -0.4 is 31.1 Å². The molecule has 1 aromatic heterocycles. The number of para-hydroxylation sites is 4. The normalized spacial score (nSPS) is 12.9. The van der Waals surface area contributed by atoms with Gasteiger partial charge in [0.25, 0.3) is 6.71 Å². The molecule has 5 heteroatoms. The predicted octanol–water partition coefficient (Wildman–Crippen LogP) is 23.5. The van der Waals surface area contributed by atoms with Crippen LogP contribution in [0.1, 0.15) is 79.0 Å². The van der Waals surface area contributed by atoms with E-state index < -0.39 is 0 Å². The van der Waals surface area contributed by atoms with E-state index in [1.165, 1.54) is 116 Å². The highest BCUT2D eigenvalue weighted by Crippen LogP contribution is 2.54. The van der Waals surface area contributed by atoms with Crippen molar-refractivity contribution < 1.29 is 0 Å². The number of fused-ring (bicyclic) bond motifs is 9. The lowest BCUT2D eigenvalue weighted by molar-refractivity contribution is 0.590. The van der Waals surface area contributed by atoms with Crippen molar-refractivity contribution >= 4 is 118 Å². The van der Waals surface area contributed by atoms with Crippen molar-refractivity contribution in [2.45, 2.75) is 78.6 Å². The van der Waals surface area contributed by atoms with Gasteiger partial charge in [0.15, 0.2) is 0 Å². The van der Waals surface area contributed by atoms with Gasteiger partial charge in [-0.1, -0.05) is 275 Å². The zero-order valence-electron chi connectivity index (χ0n) is 56.7. The third-order valence-electron chi connectivity index (χ3n) is 20.6. The fraction of sp³-hybridized carbons (Fsp3) is 0.130. The Bertz CT molecular complexity index is 5440. The van der Waals surface area contributed by atoms with Crippen LogP contribution in [0.15, 0.2) is 303 Å². The summed E-state index contributed by atoms with van der Waals surface area (Å²) in [4.78, 5) is 7.80. The van der Waals surface area contributed by atoms with Crippen LogP contribution in [0.5, 0.6) is 0 Å². The molecule has 2 aliphatic heterocycles. The minimum absolute atomic E-state index is 0.102. The minimum atomic E-state index is -0.269. The van der Waals surface area contributed by atoms with E-state index in [-0.39, 0.29) is 23.0 Å². The molecule has 14 aromatic carbocycles. The monoisotopic (exact) mass is 1250 g/mol. The first-order chi connectivity index (χ1) is 47.1. The summed E-state index contributed by atoms with van der Waals surface area (Å²) in [7, 11) is 0. The molecular weight excluding hydrogens is 1170 g/mol. The highest BCUT2D eigenvalue weighted by atomic mass is 15.2. The second-order valence-electron chi connectivity index (χ2n) is 29.7. The largest absolute Gasteiger partial charge is 0.311 e. The molecular formula is C92H77BN4. The van der Waals surface area contributed by atoms with Crippen LogP contribution in [0.25, 0.3) is 82.4 Å². The molecule has 17 rings (SSSR count).